The summed E-state index contributed by atoms with van der Waals surface area (Å²) in [5.74, 6) is -1.10. The van der Waals surface area contributed by atoms with Crippen LogP contribution in [0.3, 0.4) is 0 Å². The summed E-state index contributed by atoms with van der Waals surface area (Å²) in [6.07, 6.45) is 0.557. The van der Waals surface area contributed by atoms with Gasteiger partial charge in [-0.1, -0.05) is 30.3 Å². The van der Waals surface area contributed by atoms with Crippen LogP contribution in [-0.4, -0.2) is 20.2 Å². The number of benzene rings is 1. The minimum Gasteiger partial charge on any atom is -0.477 e. The van der Waals surface area contributed by atoms with E-state index in [1.165, 1.54) is 15.2 Å². The number of carbonyl (C=O) groups is 1. The molecule has 0 radical (unpaired) electrons. The summed E-state index contributed by atoms with van der Waals surface area (Å²) in [5.41, 5.74) is 0.201. The zero-order chi connectivity index (χ0) is 17.3. The molecule has 0 spiro atoms. The second kappa shape index (κ2) is 6.45. The lowest BCUT2D eigenvalue weighted by atomic mass is 10.1. The average molecular weight is 344 g/mol. The zero-order valence-corrected chi connectivity index (χ0v) is 13.9. The third-order valence-electron chi connectivity index (χ3n) is 3.89. The Morgan fingerprint density at radius 2 is 1.88 bits per heavy atom. The minimum absolute atomic E-state index is 0.0597. The fourth-order valence-electron chi connectivity index (χ4n) is 2.67. The third-order valence-corrected chi connectivity index (χ3v) is 5.03. The van der Waals surface area contributed by atoms with E-state index in [-0.39, 0.29) is 16.8 Å². The van der Waals surface area contributed by atoms with Crippen LogP contribution in [0.5, 0.6) is 0 Å². The Hall–Kier alpha value is -2.67. The van der Waals surface area contributed by atoms with Crippen molar-refractivity contribution in [3.05, 3.63) is 67.7 Å². The molecule has 3 rings (SSSR count). The molecule has 2 heterocycles. The molecule has 24 heavy (non-hydrogen) atoms. The number of hydrogen-bond acceptors (Lipinski definition) is 4. The van der Waals surface area contributed by atoms with Crippen LogP contribution in [0.15, 0.2) is 46.0 Å². The van der Waals surface area contributed by atoms with Gasteiger partial charge in [0.05, 0.1) is 5.39 Å². The van der Waals surface area contributed by atoms with Gasteiger partial charge >= 0.3 is 11.7 Å². The van der Waals surface area contributed by atoms with Crippen molar-refractivity contribution in [2.75, 3.05) is 0 Å². The molecule has 1 N–H and O–H groups in total. The highest BCUT2D eigenvalue weighted by Gasteiger charge is 2.18. The quantitative estimate of drug-likeness (QED) is 0.769. The molecule has 1 aromatic carbocycles. The van der Waals surface area contributed by atoms with Crippen LogP contribution in [0.4, 0.5) is 0 Å². The first-order chi connectivity index (χ1) is 11.5. The maximum atomic E-state index is 12.6. The average Bonchev–Trinajstić information content (AvgIpc) is 3.02. The van der Waals surface area contributed by atoms with E-state index in [1.54, 1.807) is 6.92 Å². The molecule has 0 aliphatic carbocycles. The summed E-state index contributed by atoms with van der Waals surface area (Å²) in [6, 6.07) is 11.0. The van der Waals surface area contributed by atoms with Crippen LogP contribution in [0.2, 0.25) is 0 Å². The van der Waals surface area contributed by atoms with Gasteiger partial charge in [0, 0.05) is 13.1 Å². The van der Waals surface area contributed by atoms with E-state index in [9.17, 15) is 14.4 Å². The van der Waals surface area contributed by atoms with Gasteiger partial charge in [-0.3, -0.25) is 13.9 Å². The van der Waals surface area contributed by atoms with Crippen molar-refractivity contribution >= 4 is 27.5 Å². The lowest BCUT2D eigenvalue weighted by molar-refractivity contribution is 0.0702. The molecular formula is C17H16N2O4S. The second-order valence-corrected chi connectivity index (χ2v) is 6.38. The smallest absolute Gasteiger partial charge is 0.345 e. The van der Waals surface area contributed by atoms with Crippen molar-refractivity contribution in [2.24, 2.45) is 0 Å². The summed E-state index contributed by atoms with van der Waals surface area (Å²) < 4.78 is 2.65. The van der Waals surface area contributed by atoms with E-state index >= 15 is 0 Å². The first-order valence-corrected chi connectivity index (χ1v) is 8.39. The number of fused-ring (bicyclic) bond motifs is 1. The fourth-order valence-corrected chi connectivity index (χ4v) is 3.71. The molecule has 3 aromatic rings. The van der Waals surface area contributed by atoms with Crippen LogP contribution in [0, 0.1) is 0 Å². The highest BCUT2D eigenvalue weighted by atomic mass is 32.1. The van der Waals surface area contributed by atoms with Crippen LogP contribution >= 0.6 is 11.3 Å². The van der Waals surface area contributed by atoms with Gasteiger partial charge in [-0.15, -0.1) is 11.3 Å². The summed E-state index contributed by atoms with van der Waals surface area (Å²) in [7, 11) is 0. The minimum atomic E-state index is -1.10. The van der Waals surface area contributed by atoms with Crippen molar-refractivity contribution in [3.63, 3.8) is 0 Å². The van der Waals surface area contributed by atoms with Gasteiger partial charge in [-0.25, -0.2) is 9.59 Å². The molecule has 0 saturated heterocycles. The zero-order valence-electron chi connectivity index (χ0n) is 13.1. The highest BCUT2D eigenvalue weighted by molar-refractivity contribution is 7.20. The predicted molar refractivity (Wildman–Crippen MR) is 93.1 cm³/mol. The predicted octanol–water partition coefficient (Wildman–Crippen LogP) is 2.19. The van der Waals surface area contributed by atoms with Gasteiger partial charge in [0.25, 0.3) is 5.56 Å². The van der Waals surface area contributed by atoms with Gasteiger partial charge in [0.2, 0.25) is 0 Å². The molecule has 2 aromatic heterocycles. The van der Waals surface area contributed by atoms with Crippen molar-refractivity contribution in [1.82, 2.24) is 9.13 Å². The van der Waals surface area contributed by atoms with E-state index in [0.29, 0.717) is 17.8 Å². The Morgan fingerprint density at radius 1 is 1.17 bits per heavy atom. The number of aromatic carboxylic acids is 1. The maximum Gasteiger partial charge on any atom is 0.345 e. The lowest BCUT2D eigenvalue weighted by Crippen LogP contribution is -2.39. The molecule has 6 nitrogen and oxygen atoms in total. The fraction of sp³-hybridized carbons (Fsp3) is 0.235. The largest absolute Gasteiger partial charge is 0.477 e. The third kappa shape index (κ3) is 2.78. The van der Waals surface area contributed by atoms with E-state index in [1.807, 2.05) is 30.3 Å². The number of nitrogens with zero attached hydrogens (tertiary/aromatic N) is 2. The number of rotatable bonds is 5. The van der Waals surface area contributed by atoms with Gasteiger partial charge in [0.15, 0.2) is 0 Å². The van der Waals surface area contributed by atoms with Crippen LogP contribution < -0.4 is 11.2 Å². The first-order valence-electron chi connectivity index (χ1n) is 7.57. The van der Waals surface area contributed by atoms with Crippen LogP contribution in [0.25, 0.3) is 10.2 Å². The van der Waals surface area contributed by atoms with Gasteiger partial charge in [-0.2, -0.15) is 0 Å². The Balaban J connectivity index is 2.12. The topological polar surface area (TPSA) is 81.3 Å². The molecule has 0 amide bonds. The summed E-state index contributed by atoms with van der Waals surface area (Å²) in [4.78, 5) is 36.9. The Kier molecular flexibility index (Phi) is 4.35. The molecule has 0 aliphatic rings. The number of carboxylic acid groups (broad SMARTS) is 1. The first kappa shape index (κ1) is 16.2. The summed E-state index contributed by atoms with van der Waals surface area (Å²) in [6.45, 7) is 2.43. The number of aromatic nitrogens is 2. The molecule has 0 saturated carbocycles. The van der Waals surface area contributed by atoms with Crippen molar-refractivity contribution in [1.29, 1.82) is 0 Å². The Morgan fingerprint density at radius 3 is 2.50 bits per heavy atom. The van der Waals surface area contributed by atoms with Gasteiger partial charge in [-0.05, 0) is 25.0 Å². The molecule has 0 unspecified atom stereocenters. The maximum absolute atomic E-state index is 12.6. The van der Waals surface area contributed by atoms with Crippen LogP contribution in [0.1, 0.15) is 22.2 Å². The number of carboxylic acids is 1. The van der Waals surface area contributed by atoms with Gasteiger partial charge in [0.1, 0.15) is 9.71 Å². The van der Waals surface area contributed by atoms with Crippen molar-refractivity contribution in [3.8, 4) is 0 Å². The molecule has 0 fully saturated rings. The SMILES string of the molecule is CCn1c(=O)n(CCc2ccccc2)c(=O)c2cc(C(=O)O)sc21. The Bertz CT molecular complexity index is 1010. The summed E-state index contributed by atoms with van der Waals surface area (Å²) in [5, 5.41) is 9.43. The van der Waals surface area contributed by atoms with Crippen molar-refractivity contribution < 1.29 is 9.90 Å². The molecule has 0 atom stereocenters. The Labute approximate surface area is 141 Å². The number of thiophene rings is 1. The molecular weight excluding hydrogens is 328 g/mol. The normalized spacial score (nSPS) is 11.0. The molecule has 0 aliphatic heterocycles. The number of hydrogen-bond donors (Lipinski definition) is 1. The number of aryl methyl sites for hydroxylation is 2. The highest BCUT2D eigenvalue weighted by Crippen LogP contribution is 2.22. The van der Waals surface area contributed by atoms with Crippen molar-refractivity contribution in [2.45, 2.75) is 26.4 Å². The van der Waals surface area contributed by atoms with E-state index in [4.69, 9.17) is 5.11 Å². The standard InChI is InChI=1S/C17H16N2O4S/c1-2-18-15-12(10-13(24-15)16(21)22)14(20)19(17(18)23)9-8-11-6-4-3-5-7-11/h3-7,10H,2,8-9H2,1H3,(H,21,22). The second-order valence-electron chi connectivity index (χ2n) is 5.35. The van der Waals surface area contributed by atoms with E-state index in [2.05, 4.69) is 0 Å². The monoisotopic (exact) mass is 344 g/mol. The molecule has 124 valence electrons. The summed E-state index contributed by atoms with van der Waals surface area (Å²) >= 11 is 0.958. The molecule has 7 heteroatoms. The van der Waals surface area contributed by atoms with Crippen LogP contribution in [-0.2, 0) is 19.5 Å². The molecule has 0 bridgehead atoms. The van der Waals surface area contributed by atoms with Gasteiger partial charge < -0.3 is 5.11 Å². The van der Waals surface area contributed by atoms with E-state index < -0.39 is 17.2 Å². The lowest BCUT2D eigenvalue weighted by Gasteiger charge is -2.10. The van der Waals surface area contributed by atoms with E-state index in [0.717, 1.165) is 16.9 Å².